The van der Waals surface area contributed by atoms with Crippen molar-refractivity contribution in [3.63, 3.8) is 0 Å². The molecule has 29 heavy (non-hydrogen) atoms. The fourth-order valence-corrected chi connectivity index (χ4v) is 5.54. The molecular weight excluding hydrogens is 404 g/mol. The topological polar surface area (TPSA) is 89.2 Å². The molecule has 0 saturated carbocycles. The summed E-state index contributed by atoms with van der Waals surface area (Å²) in [6.45, 7) is 7.54. The zero-order valence-corrected chi connectivity index (χ0v) is 18.8. The van der Waals surface area contributed by atoms with Gasteiger partial charge in [0.15, 0.2) is 0 Å². The predicted molar refractivity (Wildman–Crippen MR) is 123 cm³/mol. The first-order valence-corrected chi connectivity index (χ1v) is 11.7. The van der Waals surface area contributed by atoms with Gasteiger partial charge in [-0.3, -0.25) is 0 Å². The zero-order valence-electron chi connectivity index (χ0n) is 17.1. The van der Waals surface area contributed by atoms with Crippen molar-refractivity contribution in [2.24, 2.45) is 10.2 Å². The Kier molecular flexibility index (Phi) is 8.53. The molecule has 1 aliphatic rings. The van der Waals surface area contributed by atoms with Crippen molar-refractivity contribution in [1.29, 1.82) is 0 Å². The standard InChI is InChI=1S/C21H30N4O2S2/c1-14-11-16(3-5-22-7-9-26)20(28-14)18-13-19(25-24-18)21-17(12-15(2)29-21)4-6-23-8-10-27/h11-12,22-23,26-27H,3-10,13H2,1-2H3. The number of hydrogen-bond donors (Lipinski definition) is 4. The van der Waals surface area contributed by atoms with Gasteiger partial charge < -0.3 is 20.8 Å². The maximum Gasteiger partial charge on any atom is 0.0865 e. The van der Waals surface area contributed by atoms with E-state index in [4.69, 9.17) is 10.2 Å². The van der Waals surface area contributed by atoms with E-state index in [2.05, 4.69) is 46.8 Å². The number of thiophene rings is 2. The Hall–Kier alpha value is -1.42. The summed E-state index contributed by atoms with van der Waals surface area (Å²) in [5.74, 6) is 0. The van der Waals surface area contributed by atoms with Crippen LogP contribution in [0.5, 0.6) is 0 Å². The summed E-state index contributed by atoms with van der Waals surface area (Å²) in [4.78, 5) is 5.06. The molecule has 3 heterocycles. The number of hydrogen-bond acceptors (Lipinski definition) is 8. The van der Waals surface area contributed by atoms with Crippen LogP contribution in [0.3, 0.4) is 0 Å². The number of nitrogens with zero attached hydrogens (tertiary/aromatic N) is 2. The third-order valence-corrected chi connectivity index (χ3v) is 7.02. The van der Waals surface area contributed by atoms with E-state index in [1.54, 1.807) is 22.7 Å². The van der Waals surface area contributed by atoms with Gasteiger partial charge in [0.05, 0.1) is 34.4 Å². The van der Waals surface area contributed by atoms with E-state index < -0.39 is 0 Å². The Bertz CT molecular complexity index is 800. The molecule has 0 saturated heterocycles. The summed E-state index contributed by atoms with van der Waals surface area (Å²) in [7, 11) is 0. The molecule has 3 rings (SSSR count). The van der Waals surface area contributed by atoms with Gasteiger partial charge in [-0.2, -0.15) is 10.2 Å². The van der Waals surface area contributed by atoms with Crippen molar-refractivity contribution >= 4 is 34.1 Å². The molecule has 2 aromatic rings. The fourth-order valence-electron chi connectivity index (χ4n) is 3.45. The molecule has 0 unspecified atom stereocenters. The number of nitrogens with one attached hydrogen (secondary N) is 2. The SMILES string of the molecule is Cc1cc(CCNCCO)c(C2=NN=C(c3sc(C)cc3CCNCCO)C2)s1. The molecular formula is C21H30N4O2S2. The van der Waals surface area contributed by atoms with Gasteiger partial charge in [0, 0.05) is 29.3 Å². The first-order valence-electron chi connectivity index (χ1n) is 10.1. The predicted octanol–water partition coefficient (Wildman–Crippen LogP) is 2.27. The summed E-state index contributed by atoms with van der Waals surface area (Å²) < 4.78 is 0. The second-order valence-corrected chi connectivity index (χ2v) is 9.65. The summed E-state index contributed by atoms with van der Waals surface area (Å²) >= 11 is 3.58. The highest BCUT2D eigenvalue weighted by atomic mass is 32.1. The van der Waals surface area contributed by atoms with Gasteiger partial charge in [-0.1, -0.05) is 0 Å². The normalized spacial score (nSPS) is 13.8. The highest BCUT2D eigenvalue weighted by Gasteiger charge is 2.23. The van der Waals surface area contributed by atoms with E-state index in [-0.39, 0.29) is 13.2 Å². The second kappa shape index (κ2) is 11.1. The van der Waals surface area contributed by atoms with E-state index in [1.807, 2.05) is 0 Å². The lowest BCUT2D eigenvalue weighted by atomic mass is 10.0. The number of aliphatic hydroxyl groups is 2. The highest BCUT2D eigenvalue weighted by molar-refractivity contribution is 7.15. The van der Waals surface area contributed by atoms with E-state index >= 15 is 0 Å². The summed E-state index contributed by atoms with van der Waals surface area (Å²) in [6.07, 6.45) is 2.62. The van der Waals surface area contributed by atoms with Crippen molar-refractivity contribution in [3.05, 3.63) is 42.8 Å². The largest absolute Gasteiger partial charge is 0.395 e. The lowest BCUT2D eigenvalue weighted by Gasteiger charge is -2.06. The molecule has 0 aliphatic carbocycles. The Morgan fingerprint density at radius 1 is 0.793 bits per heavy atom. The van der Waals surface area contributed by atoms with Crippen LogP contribution in [0.4, 0.5) is 0 Å². The number of aliphatic hydroxyl groups excluding tert-OH is 2. The third kappa shape index (κ3) is 6.04. The van der Waals surface area contributed by atoms with Crippen LogP contribution in [0.25, 0.3) is 0 Å². The van der Waals surface area contributed by atoms with Gasteiger partial charge in [0.25, 0.3) is 0 Å². The first kappa shape index (κ1) is 22.3. The van der Waals surface area contributed by atoms with Crippen LogP contribution >= 0.6 is 22.7 Å². The summed E-state index contributed by atoms with van der Waals surface area (Å²) in [6, 6.07) is 4.49. The molecule has 0 bridgehead atoms. The minimum absolute atomic E-state index is 0.164. The molecule has 0 aromatic carbocycles. The van der Waals surface area contributed by atoms with E-state index in [1.165, 1.54) is 30.6 Å². The van der Waals surface area contributed by atoms with Crippen LogP contribution in [0.1, 0.15) is 37.1 Å². The van der Waals surface area contributed by atoms with Gasteiger partial charge in [-0.05, 0) is 63.0 Å². The quantitative estimate of drug-likeness (QED) is 0.386. The molecule has 158 valence electrons. The monoisotopic (exact) mass is 434 g/mol. The molecule has 0 spiro atoms. The van der Waals surface area contributed by atoms with Crippen LogP contribution in [0.15, 0.2) is 22.3 Å². The number of rotatable bonds is 12. The van der Waals surface area contributed by atoms with Gasteiger partial charge in [-0.15, -0.1) is 22.7 Å². The van der Waals surface area contributed by atoms with E-state index in [9.17, 15) is 0 Å². The summed E-state index contributed by atoms with van der Waals surface area (Å²) in [5, 5.41) is 33.5. The summed E-state index contributed by atoms with van der Waals surface area (Å²) in [5.41, 5.74) is 4.74. The molecule has 8 heteroatoms. The lowest BCUT2D eigenvalue weighted by Crippen LogP contribution is -2.21. The lowest BCUT2D eigenvalue weighted by molar-refractivity contribution is 0.292. The molecule has 0 amide bonds. The Morgan fingerprint density at radius 2 is 1.24 bits per heavy atom. The van der Waals surface area contributed by atoms with Crippen molar-refractivity contribution in [2.75, 3.05) is 39.4 Å². The minimum Gasteiger partial charge on any atom is -0.395 e. The maximum absolute atomic E-state index is 8.93. The smallest absolute Gasteiger partial charge is 0.0865 e. The van der Waals surface area contributed by atoms with Crippen LogP contribution in [-0.4, -0.2) is 61.0 Å². The highest BCUT2D eigenvalue weighted by Crippen LogP contribution is 2.30. The van der Waals surface area contributed by atoms with Crippen molar-refractivity contribution in [3.8, 4) is 0 Å². The van der Waals surface area contributed by atoms with E-state index in [0.29, 0.717) is 13.1 Å². The molecule has 2 aromatic heterocycles. The van der Waals surface area contributed by atoms with Crippen molar-refractivity contribution in [1.82, 2.24) is 10.6 Å². The Morgan fingerprint density at radius 3 is 1.66 bits per heavy atom. The molecule has 1 aliphatic heterocycles. The average molecular weight is 435 g/mol. The van der Waals surface area contributed by atoms with Gasteiger partial charge in [-0.25, -0.2) is 0 Å². The minimum atomic E-state index is 0.164. The molecule has 6 nitrogen and oxygen atoms in total. The number of aryl methyl sites for hydroxylation is 2. The van der Waals surface area contributed by atoms with Gasteiger partial charge >= 0.3 is 0 Å². The maximum atomic E-state index is 8.93. The fraction of sp³-hybridized carbons (Fsp3) is 0.524. The van der Waals surface area contributed by atoms with Crippen LogP contribution < -0.4 is 10.6 Å². The average Bonchev–Trinajstić information content (AvgIpc) is 3.40. The Balaban J connectivity index is 1.66. The third-order valence-electron chi connectivity index (χ3n) is 4.73. The molecule has 4 N–H and O–H groups in total. The van der Waals surface area contributed by atoms with Crippen LogP contribution in [0.2, 0.25) is 0 Å². The van der Waals surface area contributed by atoms with Crippen molar-refractivity contribution in [2.45, 2.75) is 33.1 Å². The van der Waals surface area contributed by atoms with Crippen LogP contribution in [0, 0.1) is 13.8 Å². The Labute approximate surface area is 180 Å². The molecule has 0 radical (unpaired) electrons. The molecule has 0 fully saturated rings. The van der Waals surface area contributed by atoms with Crippen molar-refractivity contribution < 1.29 is 10.2 Å². The molecule has 0 atom stereocenters. The van der Waals surface area contributed by atoms with Gasteiger partial charge in [0.2, 0.25) is 0 Å². The zero-order chi connectivity index (χ0) is 20.6. The van der Waals surface area contributed by atoms with E-state index in [0.717, 1.165) is 43.8 Å². The van der Waals surface area contributed by atoms with Crippen LogP contribution in [-0.2, 0) is 12.8 Å². The first-order chi connectivity index (χ1) is 14.1. The van der Waals surface area contributed by atoms with Gasteiger partial charge in [0.1, 0.15) is 0 Å². The second-order valence-electron chi connectivity index (χ2n) is 7.14.